The van der Waals surface area contributed by atoms with Crippen LogP contribution in [0.15, 0.2) is 71.6 Å². The van der Waals surface area contributed by atoms with E-state index in [0.717, 1.165) is 10.5 Å². The van der Waals surface area contributed by atoms with Crippen molar-refractivity contribution in [3.8, 4) is 0 Å². The van der Waals surface area contributed by atoms with Gasteiger partial charge < -0.3 is 10.6 Å². The van der Waals surface area contributed by atoms with Gasteiger partial charge in [0.25, 0.3) is 11.6 Å². The van der Waals surface area contributed by atoms with Gasteiger partial charge in [0.15, 0.2) is 0 Å². The number of thioether (sulfide) groups is 1. The highest BCUT2D eigenvalue weighted by Crippen LogP contribution is 2.24. The lowest BCUT2D eigenvalue weighted by atomic mass is 10.2. The van der Waals surface area contributed by atoms with Crippen LogP contribution in [0.25, 0.3) is 0 Å². The van der Waals surface area contributed by atoms with Crippen LogP contribution in [0.3, 0.4) is 0 Å². The van der Waals surface area contributed by atoms with E-state index in [1.807, 2.05) is 19.1 Å². The van der Waals surface area contributed by atoms with Crippen molar-refractivity contribution >= 4 is 52.2 Å². The molecule has 9 heteroatoms. The number of nitro benzene ring substituents is 1. The number of hydrogen-bond acceptors (Lipinski definition) is 5. The van der Waals surface area contributed by atoms with Gasteiger partial charge in [0.1, 0.15) is 0 Å². The molecular weight excluding hydrogens is 438 g/mol. The molecule has 0 aliphatic heterocycles. The molecule has 2 amide bonds. The molecule has 0 fully saturated rings. The highest BCUT2D eigenvalue weighted by atomic mass is 35.5. The Balaban J connectivity index is 1.56. The Hall–Kier alpha value is -3.36. The van der Waals surface area contributed by atoms with Crippen molar-refractivity contribution in [2.24, 2.45) is 0 Å². The number of amides is 2. The largest absolute Gasteiger partial charge is 0.325 e. The fourth-order valence-corrected chi connectivity index (χ4v) is 3.55. The Morgan fingerprint density at radius 1 is 1.00 bits per heavy atom. The molecule has 0 bridgehead atoms. The molecule has 0 aliphatic carbocycles. The maximum absolute atomic E-state index is 12.4. The van der Waals surface area contributed by atoms with E-state index in [2.05, 4.69) is 10.6 Å². The molecule has 0 spiro atoms. The lowest BCUT2D eigenvalue weighted by Gasteiger charge is -2.09. The highest BCUT2D eigenvalue weighted by molar-refractivity contribution is 8.00. The van der Waals surface area contributed by atoms with Crippen molar-refractivity contribution in [3.05, 3.63) is 93.0 Å². The zero-order chi connectivity index (χ0) is 22.4. The molecule has 7 nitrogen and oxygen atoms in total. The standard InChI is InChI=1S/C22H18ClN3O4S/c1-14-5-8-17(12-20(14)23)24-21(27)13-31-19-4-2-3-16(11-19)25-22(28)15-6-9-18(10-7-15)26(29)30/h2-12H,13H2,1H3,(H,24,27)(H,25,28). The molecule has 0 radical (unpaired) electrons. The van der Waals surface area contributed by atoms with Crippen LogP contribution >= 0.6 is 23.4 Å². The smallest absolute Gasteiger partial charge is 0.269 e. The number of rotatable bonds is 7. The van der Waals surface area contributed by atoms with Crippen LogP contribution < -0.4 is 10.6 Å². The summed E-state index contributed by atoms with van der Waals surface area (Å²) in [6.07, 6.45) is 0. The van der Waals surface area contributed by atoms with Crippen molar-refractivity contribution in [2.45, 2.75) is 11.8 Å². The van der Waals surface area contributed by atoms with Crippen molar-refractivity contribution in [2.75, 3.05) is 16.4 Å². The number of nitro groups is 1. The number of hydrogen-bond donors (Lipinski definition) is 2. The van der Waals surface area contributed by atoms with Gasteiger partial charge in [-0.05, 0) is 55.0 Å². The van der Waals surface area contributed by atoms with Gasteiger partial charge in [0.2, 0.25) is 5.91 Å². The summed E-state index contributed by atoms with van der Waals surface area (Å²) in [6, 6.07) is 17.8. The monoisotopic (exact) mass is 455 g/mol. The zero-order valence-corrected chi connectivity index (χ0v) is 18.0. The second-order valence-corrected chi connectivity index (χ2v) is 8.04. The number of halogens is 1. The SMILES string of the molecule is Cc1ccc(NC(=O)CSc2cccc(NC(=O)c3ccc([N+](=O)[O-])cc3)c2)cc1Cl. The summed E-state index contributed by atoms with van der Waals surface area (Å²) in [5.41, 5.74) is 2.34. The third-order valence-corrected chi connectivity index (χ3v) is 5.66. The van der Waals surface area contributed by atoms with Crippen molar-refractivity contribution < 1.29 is 14.5 Å². The molecule has 3 rings (SSSR count). The maximum atomic E-state index is 12.4. The summed E-state index contributed by atoms with van der Waals surface area (Å²) in [7, 11) is 0. The number of aryl methyl sites for hydroxylation is 1. The Bertz CT molecular complexity index is 1140. The molecular formula is C22H18ClN3O4S. The number of nitrogens with one attached hydrogen (secondary N) is 2. The number of benzene rings is 3. The first-order chi connectivity index (χ1) is 14.8. The van der Waals surface area contributed by atoms with Gasteiger partial charge in [-0.1, -0.05) is 23.7 Å². The summed E-state index contributed by atoms with van der Waals surface area (Å²) < 4.78 is 0. The second-order valence-electron chi connectivity index (χ2n) is 6.59. The predicted octanol–water partition coefficient (Wildman–Crippen LogP) is 5.54. The van der Waals surface area contributed by atoms with Gasteiger partial charge in [-0.25, -0.2) is 0 Å². The van der Waals surface area contributed by atoms with Crippen LogP contribution in [0.2, 0.25) is 5.02 Å². The predicted molar refractivity (Wildman–Crippen MR) is 123 cm³/mol. The topological polar surface area (TPSA) is 101 Å². The number of carbonyl (C=O) groups is 2. The van der Waals surface area contributed by atoms with Gasteiger partial charge in [0.05, 0.1) is 10.7 Å². The Labute approximate surface area is 188 Å². The lowest BCUT2D eigenvalue weighted by Crippen LogP contribution is -2.14. The average Bonchev–Trinajstić information content (AvgIpc) is 2.75. The number of anilines is 2. The second kappa shape index (κ2) is 10.1. The first-order valence-electron chi connectivity index (χ1n) is 9.16. The van der Waals surface area contributed by atoms with Crippen molar-refractivity contribution in [3.63, 3.8) is 0 Å². The minimum atomic E-state index is -0.522. The minimum Gasteiger partial charge on any atom is -0.325 e. The molecule has 0 aliphatic rings. The summed E-state index contributed by atoms with van der Waals surface area (Å²) in [6.45, 7) is 1.89. The van der Waals surface area contributed by atoms with E-state index in [1.54, 1.807) is 30.3 Å². The zero-order valence-electron chi connectivity index (χ0n) is 16.4. The van der Waals surface area contributed by atoms with E-state index in [9.17, 15) is 19.7 Å². The summed E-state index contributed by atoms with van der Waals surface area (Å²) in [4.78, 5) is 35.6. The average molecular weight is 456 g/mol. The third-order valence-electron chi connectivity index (χ3n) is 4.26. The Morgan fingerprint density at radius 2 is 1.71 bits per heavy atom. The quantitative estimate of drug-likeness (QED) is 0.276. The first kappa shape index (κ1) is 22.3. The van der Waals surface area contributed by atoms with E-state index in [4.69, 9.17) is 11.6 Å². The molecule has 0 atom stereocenters. The van der Waals surface area contributed by atoms with Crippen molar-refractivity contribution in [1.82, 2.24) is 0 Å². The summed E-state index contributed by atoms with van der Waals surface area (Å²) in [5.74, 6) is -0.373. The molecule has 3 aromatic rings. The summed E-state index contributed by atoms with van der Waals surface area (Å²) in [5, 5.41) is 16.9. The van der Waals surface area contributed by atoms with Gasteiger partial charge in [-0.2, -0.15) is 0 Å². The van der Waals surface area contributed by atoms with Crippen LogP contribution in [-0.2, 0) is 4.79 Å². The molecule has 0 aromatic heterocycles. The Morgan fingerprint density at radius 3 is 2.39 bits per heavy atom. The van der Waals surface area contributed by atoms with E-state index in [0.29, 0.717) is 22.0 Å². The molecule has 0 unspecified atom stereocenters. The molecule has 158 valence electrons. The number of non-ortho nitro benzene ring substituents is 1. The molecule has 2 N–H and O–H groups in total. The van der Waals surface area contributed by atoms with Crippen LogP contribution in [-0.4, -0.2) is 22.5 Å². The number of carbonyl (C=O) groups excluding carboxylic acids is 2. The lowest BCUT2D eigenvalue weighted by molar-refractivity contribution is -0.384. The normalized spacial score (nSPS) is 10.4. The van der Waals surface area contributed by atoms with E-state index in [-0.39, 0.29) is 23.3 Å². The fraction of sp³-hybridized carbons (Fsp3) is 0.0909. The maximum Gasteiger partial charge on any atom is 0.269 e. The van der Waals surface area contributed by atoms with E-state index in [1.165, 1.54) is 36.0 Å². The van der Waals surface area contributed by atoms with Crippen LogP contribution in [0.4, 0.5) is 17.1 Å². The molecule has 31 heavy (non-hydrogen) atoms. The number of nitrogens with zero attached hydrogens (tertiary/aromatic N) is 1. The van der Waals surface area contributed by atoms with Gasteiger partial charge in [-0.3, -0.25) is 19.7 Å². The summed E-state index contributed by atoms with van der Waals surface area (Å²) >= 11 is 7.40. The molecule has 0 saturated carbocycles. The van der Waals surface area contributed by atoms with Crippen LogP contribution in [0, 0.1) is 17.0 Å². The first-order valence-corrected chi connectivity index (χ1v) is 10.5. The van der Waals surface area contributed by atoms with Gasteiger partial charge >= 0.3 is 0 Å². The van der Waals surface area contributed by atoms with Crippen LogP contribution in [0.1, 0.15) is 15.9 Å². The Kier molecular flexibility index (Phi) is 7.28. The molecule has 0 heterocycles. The van der Waals surface area contributed by atoms with Gasteiger partial charge in [0, 0.05) is 39.0 Å². The van der Waals surface area contributed by atoms with Crippen LogP contribution in [0.5, 0.6) is 0 Å². The third kappa shape index (κ3) is 6.31. The molecule has 0 saturated heterocycles. The minimum absolute atomic E-state index is 0.0823. The van der Waals surface area contributed by atoms with E-state index < -0.39 is 4.92 Å². The van der Waals surface area contributed by atoms with Gasteiger partial charge in [-0.15, -0.1) is 11.8 Å². The molecule has 3 aromatic carbocycles. The fourth-order valence-electron chi connectivity index (χ4n) is 2.62. The highest BCUT2D eigenvalue weighted by Gasteiger charge is 2.11. The van der Waals surface area contributed by atoms with Crippen molar-refractivity contribution in [1.29, 1.82) is 0 Å². The van der Waals surface area contributed by atoms with E-state index >= 15 is 0 Å².